The van der Waals surface area contributed by atoms with Crippen LogP contribution in [0.4, 0.5) is 0 Å². The van der Waals surface area contributed by atoms with Crippen LogP contribution in [-0.4, -0.2) is 67.2 Å². The van der Waals surface area contributed by atoms with Crippen molar-refractivity contribution in [1.29, 1.82) is 0 Å². The van der Waals surface area contributed by atoms with E-state index >= 15 is 0 Å². The van der Waals surface area contributed by atoms with E-state index < -0.39 is 22.5 Å². The minimum atomic E-state index is -3.53. The Morgan fingerprint density at radius 2 is 0.739 bits per heavy atom. The molecule has 0 amide bonds. The minimum Gasteiger partial charge on any atom is -0.382 e. The summed E-state index contributed by atoms with van der Waals surface area (Å²) in [7, 11) is -7.06. The van der Waals surface area contributed by atoms with Crippen molar-refractivity contribution in [2.24, 2.45) is 0 Å². The molecule has 0 heterocycles. The average molecular weight is 371 g/mol. The highest BCUT2D eigenvalue weighted by atomic mass is 28.5. The van der Waals surface area contributed by atoms with E-state index in [-0.39, 0.29) is 0 Å². The predicted octanol–water partition coefficient (Wildman–Crippen LogP) is 1.91. The summed E-state index contributed by atoms with van der Waals surface area (Å²) in [5.41, 5.74) is 0. The van der Waals surface area contributed by atoms with Gasteiger partial charge >= 0.3 is 17.6 Å². The second-order valence-electron chi connectivity index (χ2n) is 4.78. The van der Waals surface area contributed by atoms with E-state index in [2.05, 4.69) is 0 Å². The molecule has 0 aliphatic heterocycles. The van der Waals surface area contributed by atoms with Crippen LogP contribution in [-0.2, 0) is 26.6 Å². The SMILES string of the molecule is CCO[Si](OCC)(OCC)C(C)(O)[Si](OCC)(OCC)OCC. The maximum Gasteiger partial charge on any atom is 0.538 e. The van der Waals surface area contributed by atoms with Gasteiger partial charge in [-0.05, 0) is 48.5 Å². The maximum absolute atomic E-state index is 11.5. The fourth-order valence-electron chi connectivity index (χ4n) is 2.42. The van der Waals surface area contributed by atoms with Gasteiger partial charge in [-0.15, -0.1) is 0 Å². The number of aliphatic hydroxyl groups is 1. The molecule has 0 aliphatic rings. The van der Waals surface area contributed by atoms with Crippen LogP contribution in [0, 0.1) is 0 Å². The first-order chi connectivity index (χ1) is 10.9. The molecule has 9 heteroatoms. The Hall–Kier alpha value is 0.154. The quantitative estimate of drug-likeness (QED) is 0.468. The van der Waals surface area contributed by atoms with E-state index in [4.69, 9.17) is 26.6 Å². The van der Waals surface area contributed by atoms with Gasteiger partial charge in [-0.25, -0.2) is 0 Å². The lowest BCUT2D eigenvalue weighted by molar-refractivity contribution is -0.0457. The van der Waals surface area contributed by atoms with Crippen LogP contribution in [0.3, 0.4) is 0 Å². The largest absolute Gasteiger partial charge is 0.538 e. The molecule has 0 saturated heterocycles. The molecule has 0 aromatic rings. The Balaban J connectivity index is 6.05. The van der Waals surface area contributed by atoms with Crippen molar-refractivity contribution in [3.8, 4) is 0 Å². The van der Waals surface area contributed by atoms with Crippen molar-refractivity contribution < 1.29 is 31.7 Å². The molecule has 0 fully saturated rings. The normalized spacial score (nSPS) is 13.6. The Morgan fingerprint density at radius 3 is 0.870 bits per heavy atom. The standard InChI is InChI=1S/C14H34O7Si2/c1-8-16-22(17-9-2,18-10-3)14(7,15)23(19-11-4,20-12-5)21-13-6/h15H,8-13H2,1-7H3. The van der Waals surface area contributed by atoms with Gasteiger partial charge in [-0.1, -0.05) is 0 Å². The Bertz CT molecular complexity index is 253. The molecule has 0 spiro atoms. The van der Waals surface area contributed by atoms with Crippen LogP contribution in [0.15, 0.2) is 0 Å². The molecule has 0 rings (SSSR count). The van der Waals surface area contributed by atoms with Gasteiger partial charge in [0.2, 0.25) is 4.85 Å². The van der Waals surface area contributed by atoms with Crippen molar-refractivity contribution in [2.75, 3.05) is 39.6 Å². The molecule has 0 saturated carbocycles. The first kappa shape index (κ1) is 23.2. The summed E-state index contributed by atoms with van der Waals surface area (Å²) in [6.07, 6.45) is 0. The van der Waals surface area contributed by atoms with Crippen molar-refractivity contribution in [3.05, 3.63) is 0 Å². The molecular formula is C14H34O7Si2. The molecule has 0 aromatic heterocycles. The highest BCUT2D eigenvalue weighted by molar-refractivity contribution is 6.84. The zero-order valence-corrected chi connectivity index (χ0v) is 17.6. The summed E-state index contributed by atoms with van der Waals surface area (Å²) in [5.74, 6) is 0. The van der Waals surface area contributed by atoms with Gasteiger partial charge in [-0.3, -0.25) is 0 Å². The summed E-state index contributed by atoms with van der Waals surface area (Å²) in [4.78, 5) is -1.62. The van der Waals surface area contributed by atoms with Gasteiger partial charge in [0.1, 0.15) is 0 Å². The van der Waals surface area contributed by atoms with Crippen molar-refractivity contribution in [2.45, 2.75) is 53.3 Å². The first-order valence-electron chi connectivity index (χ1n) is 8.42. The molecule has 7 nitrogen and oxygen atoms in total. The van der Waals surface area contributed by atoms with E-state index in [0.29, 0.717) is 39.6 Å². The molecular weight excluding hydrogens is 336 g/mol. The van der Waals surface area contributed by atoms with Gasteiger partial charge < -0.3 is 31.7 Å². The lowest BCUT2D eigenvalue weighted by Gasteiger charge is -2.46. The molecule has 1 N–H and O–H groups in total. The highest BCUT2D eigenvalue weighted by Crippen LogP contribution is 2.35. The summed E-state index contributed by atoms with van der Waals surface area (Å²) in [6, 6.07) is 0. The third-order valence-corrected chi connectivity index (χ3v) is 11.4. The number of rotatable bonds is 14. The average Bonchev–Trinajstić information content (AvgIpc) is 2.48. The van der Waals surface area contributed by atoms with Gasteiger partial charge in [0.15, 0.2) is 0 Å². The van der Waals surface area contributed by atoms with Crippen LogP contribution < -0.4 is 0 Å². The first-order valence-corrected chi connectivity index (χ1v) is 11.9. The van der Waals surface area contributed by atoms with Crippen LogP contribution in [0.1, 0.15) is 48.5 Å². The summed E-state index contributed by atoms with van der Waals surface area (Å²) in [6.45, 7) is 14.7. The van der Waals surface area contributed by atoms with E-state index in [9.17, 15) is 5.11 Å². The summed E-state index contributed by atoms with van der Waals surface area (Å²) in [5, 5.41) is 11.5. The molecule has 0 radical (unpaired) electrons. The lowest BCUT2D eigenvalue weighted by atomic mass is 10.8. The van der Waals surface area contributed by atoms with Crippen molar-refractivity contribution in [3.63, 3.8) is 0 Å². The molecule has 0 unspecified atom stereocenters. The third-order valence-electron chi connectivity index (χ3n) is 3.20. The van der Waals surface area contributed by atoms with Crippen LogP contribution >= 0.6 is 0 Å². The van der Waals surface area contributed by atoms with Gasteiger partial charge in [-0.2, -0.15) is 0 Å². The van der Waals surface area contributed by atoms with E-state index in [1.807, 2.05) is 41.5 Å². The van der Waals surface area contributed by atoms with Gasteiger partial charge in [0.05, 0.1) is 0 Å². The minimum absolute atomic E-state index is 0.344. The lowest BCUT2D eigenvalue weighted by Crippen LogP contribution is -2.79. The predicted molar refractivity (Wildman–Crippen MR) is 91.9 cm³/mol. The fourth-order valence-corrected chi connectivity index (χ4v) is 9.69. The monoisotopic (exact) mass is 370 g/mol. The zero-order chi connectivity index (χ0) is 18.0. The van der Waals surface area contributed by atoms with E-state index in [0.717, 1.165) is 0 Å². The molecule has 140 valence electrons. The fraction of sp³-hybridized carbons (Fsp3) is 1.00. The van der Waals surface area contributed by atoms with E-state index in [1.54, 1.807) is 6.92 Å². The highest BCUT2D eigenvalue weighted by Gasteiger charge is 2.75. The van der Waals surface area contributed by atoms with E-state index in [1.165, 1.54) is 0 Å². The van der Waals surface area contributed by atoms with Crippen molar-refractivity contribution in [1.82, 2.24) is 0 Å². The molecule has 0 bridgehead atoms. The topological polar surface area (TPSA) is 75.6 Å². The number of hydrogen-bond donors (Lipinski definition) is 1. The van der Waals surface area contributed by atoms with Crippen molar-refractivity contribution >= 4 is 17.6 Å². The molecule has 0 aromatic carbocycles. The number of hydrogen-bond acceptors (Lipinski definition) is 7. The second-order valence-corrected chi connectivity index (χ2v) is 11.2. The third kappa shape index (κ3) is 5.06. The summed E-state index contributed by atoms with van der Waals surface area (Å²) >= 11 is 0. The maximum atomic E-state index is 11.5. The van der Waals surface area contributed by atoms with Crippen LogP contribution in [0.25, 0.3) is 0 Å². The second kappa shape index (κ2) is 10.9. The van der Waals surface area contributed by atoms with Crippen LogP contribution in [0.5, 0.6) is 0 Å². The zero-order valence-electron chi connectivity index (χ0n) is 15.6. The van der Waals surface area contributed by atoms with Gasteiger partial charge in [0, 0.05) is 39.6 Å². The Kier molecular flexibility index (Phi) is 11.0. The molecule has 23 heavy (non-hydrogen) atoms. The smallest absolute Gasteiger partial charge is 0.382 e. The molecule has 0 atom stereocenters. The summed E-state index contributed by atoms with van der Waals surface area (Å²) < 4.78 is 35.2. The van der Waals surface area contributed by atoms with Gasteiger partial charge in [0.25, 0.3) is 0 Å². The van der Waals surface area contributed by atoms with Crippen LogP contribution in [0.2, 0.25) is 0 Å². The molecule has 0 aliphatic carbocycles. The Morgan fingerprint density at radius 1 is 0.565 bits per heavy atom. The Labute approximate surface area is 142 Å².